The molecule has 172 valence electrons. The Morgan fingerprint density at radius 3 is 2.82 bits per heavy atom. The van der Waals surface area contributed by atoms with E-state index in [1.165, 1.54) is 6.33 Å². The van der Waals surface area contributed by atoms with E-state index in [4.69, 9.17) is 4.74 Å². The van der Waals surface area contributed by atoms with Crippen molar-refractivity contribution in [1.82, 2.24) is 34.8 Å². The molecule has 4 heterocycles. The van der Waals surface area contributed by atoms with Crippen molar-refractivity contribution in [3.63, 3.8) is 0 Å². The summed E-state index contributed by atoms with van der Waals surface area (Å²) in [6.45, 7) is 3.50. The number of methoxy groups -OCH3 is 1. The molecule has 1 fully saturated rings. The average Bonchev–Trinajstić information content (AvgIpc) is 3.37. The van der Waals surface area contributed by atoms with E-state index in [0.29, 0.717) is 31.9 Å². The van der Waals surface area contributed by atoms with Crippen molar-refractivity contribution in [2.24, 2.45) is 0 Å². The molecule has 1 saturated heterocycles. The van der Waals surface area contributed by atoms with Crippen LogP contribution in [0.1, 0.15) is 28.3 Å². The van der Waals surface area contributed by atoms with Crippen LogP contribution >= 0.6 is 0 Å². The number of rotatable bonds is 7. The lowest BCUT2D eigenvalue weighted by molar-refractivity contribution is -0.118. The summed E-state index contributed by atoms with van der Waals surface area (Å²) in [6.07, 6.45) is 2.22. The van der Waals surface area contributed by atoms with Gasteiger partial charge in [0.1, 0.15) is 18.2 Å². The SMILES string of the molecule is COC1CN(Cc2cc3n(n2)CC[C@H](NC(=O)c2ncn(Cc4ccccc4)n2)C(=O)N3)C1. The lowest BCUT2D eigenvalue weighted by atomic mass is 10.1. The molecule has 2 aliphatic heterocycles. The van der Waals surface area contributed by atoms with Gasteiger partial charge in [-0.2, -0.15) is 5.10 Å². The maximum Gasteiger partial charge on any atom is 0.291 e. The highest BCUT2D eigenvalue weighted by Gasteiger charge is 2.30. The van der Waals surface area contributed by atoms with Crippen molar-refractivity contribution in [3.05, 3.63) is 59.8 Å². The predicted octanol–water partition coefficient (Wildman–Crippen LogP) is 0.494. The molecule has 1 atom stereocenters. The second-order valence-electron chi connectivity index (χ2n) is 8.35. The minimum atomic E-state index is -0.693. The molecule has 0 saturated carbocycles. The lowest BCUT2D eigenvalue weighted by Gasteiger charge is -2.37. The monoisotopic (exact) mass is 450 g/mol. The molecule has 0 bridgehead atoms. The highest BCUT2D eigenvalue weighted by Crippen LogP contribution is 2.20. The van der Waals surface area contributed by atoms with Gasteiger partial charge in [-0.15, -0.1) is 5.10 Å². The number of ether oxygens (including phenoxy) is 1. The molecule has 11 nitrogen and oxygen atoms in total. The van der Waals surface area contributed by atoms with Crippen LogP contribution in [0.25, 0.3) is 0 Å². The topological polar surface area (TPSA) is 119 Å². The fourth-order valence-electron chi connectivity index (χ4n) is 4.05. The van der Waals surface area contributed by atoms with Crippen molar-refractivity contribution in [2.45, 2.75) is 38.2 Å². The normalized spacial score (nSPS) is 18.8. The summed E-state index contributed by atoms with van der Waals surface area (Å²) in [6, 6.07) is 11.0. The van der Waals surface area contributed by atoms with Gasteiger partial charge in [-0.1, -0.05) is 30.3 Å². The van der Waals surface area contributed by atoms with Gasteiger partial charge >= 0.3 is 0 Å². The number of hydrogen-bond acceptors (Lipinski definition) is 7. The van der Waals surface area contributed by atoms with Gasteiger partial charge in [-0.3, -0.25) is 14.5 Å². The maximum atomic E-state index is 12.7. The number of anilines is 1. The van der Waals surface area contributed by atoms with Gasteiger partial charge in [0, 0.05) is 39.4 Å². The number of aromatic nitrogens is 5. The third-order valence-electron chi connectivity index (χ3n) is 5.90. The fourth-order valence-corrected chi connectivity index (χ4v) is 4.05. The van der Waals surface area contributed by atoms with E-state index in [2.05, 4.69) is 30.7 Å². The van der Waals surface area contributed by atoms with E-state index in [1.54, 1.807) is 16.5 Å². The Labute approximate surface area is 190 Å². The van der Waals surface area contributed by atoms with Crippen LogP contribution in [0.3, 0.4) is 0 Å². The zero-order valence-corrected chi connectivity index (χ0v) is 18.3. The summed E-state index contributed by atoms with van der Waals surface area (Å²) in [7, 11) is 1.72. The second-order valence-corrected chi connectivity index (χ2v) is 8.35. The number of fused-ring (bicyclic) bond motifs is 1. The van der Waals surface area contributed by atoms with Crippen molar-refractivity contribution in [1.29, 1.82) is 0 Å². The first-order valence-corrected chi connectivity index (χ1v) is 10.9. The third-order valence-corrected chi connectivity index (χ3v) is 5.90. The van der Waals surface area contributed by atoms with Crippen molar-refractivity contribution in [2.75, 3.05) is 25.5 Å². The first-order chi connectivity index (χ1) is 16.1. The zero-order chi connectivity index (χ0) is 22.8. The minimum absolute atomic E-state index is 0.0342. The average molecular weight is 451 g/mol. The van der Waals surface area contributed by atoms with Crippen LogP contribution in [0.4, 0.5) is 5.82 Å². The van der Waals surface area contributed by atoms with Crippen LogP contribution in [0, 0.1) is 0 Å². The molecule has 11 heteroatoms. The lowest BCUT2D eigenvalue weighted by Crippen LogP contribution is -2.50. The van der Waals surface area contributed by atoms with Crippen LogP contribution in [0.2, 0.25) is 0 Å². The van der Waals surface area contributed by atoms with Gasteiger partial charge in [0.2, 0.25) is 11.7 Å². The quantitative estimate of drug-likeness (QED) is 0.538. The van der Waals surface area contributed by atoms with Crippen LogP contribution in [-0.2, 0) is 29.2 Å². The largest absolute Gasteiger partial charge is 0.379 e. The number of hydrogen-bond donors (Lipinski definition) is 2. The fraction of sp³-hybridized carbons (Fsp3) is 0.409. The Morgan fingerprint density at radius 1 is 1.21 bits per heavy atom. The summed E-state index contributed by atoms with van der Waals surface area (Å²) < 4.78 is 8.68. The van der Waals surface area contributed by atoms with E-state index < -0.39 is 11.9 Å². The number of likely N-dealkylation sites (tertiary alicyclic amines) is 1. The standard InChI is InChI=1S/C22H26N8O3/c1-33-17-12-28(13-17)11-16-9-19-25-21(31)18(7-8-30(19)26-16)24-22(32)20-23-14-29(27-20)10-15-5-3-2-4-6-15/h2-6,9,14,17-18H,7-8,10-13H2,1H3,(H,24,32)(H,25,31)/t18-/m0/s1. The van der Waals surface area contributed by atoms with Gasteiger partial charge < -0.3 is 15.4 Å². The molecule has 2 aromatic heterocycles. The molecule has 3 aromatic rings. The second kappa shape index (κ2) is 9.12. The first-order valence-electron chi connectivity index (χ1n) is 10.9. The molecule has 1 aromatic carbocycles. The minimum Gasteiger partial charge on any atom is -0.379 e. The van der Waals surface area contributed by atoms with Crippen molar-refractivity contribution >= 4 is 17.6 Å². The smallest absolute Gasteiger partial charge is 0.291 e. The molecule has 33 heavy (non-hydrogen) atoms. The Hall–Kier alpha value is -3.57. The molecule has 5 rings (SSSR count). The number of amides is 2. The van der Waals surface area contributed by atoms with Crippen molar-refractivity contribution in [3.8, 4) is 0 Å². The molecule has 0 spiro atoms. The number of nitrogens with zero attached hydrogens (tertiary/aromatic N) is 6. The van der Waals surface area contributed by atoms with Gasteiger partial charge in [0.05, 0.1) is 18.3 Å². The van der Waals surface area contributed by atoms with Gasteiger partial charge in [0.25, 0.3) is 5.91 Å². The highest BCUT2D eigenvalue weighted by molar-refractivity contribution is 5.99. The number of carbonyl (C=O) groups is 2. The Kier molecular flexibility index (Phi) is 5.88. The van der Waals surface area contributed by atoms with Crippen LogP contribution < -0.4 is 10.6 Å². The summed E-state index contributed by atoms with van der Waals surface area (Å²) in [5.41, 5.74) is 1.95. The van der Waals surface area contributed by atoms with E-state index in [-0.39, 0.29) is 17.8 Å². The summed E-state index contributed by atoms with van der Waals surface area (Å²) >= 11 is 0. The number of nitrogens with one attached hydrogen (secondary N) is 2. The molecule has 0 unspecified atom stereocenters. The number of benzene rings is 1. The molecule has 2 aliphatic rings. The Morgan fingerprint density at radius 2 is 2.03 bits per heavy atom. The summed E-state index contributed by atoms with van der Waals surface area (Å²) in [5.74, 6) is -0.0823. The summed E-state index contributed by atoms with van der Waals surface area (Å²) in [4.78, 5) is 31.7. The molecular weight excluding hydrogens is 424 g/mol. The van der Waals surface area contributed by atoms with Gasteiger partial charge in [-0.05, 0) is 12.0 Å². The third kappa shape index (κ3) is 4.78. The Balaban J connectivity index is 1.17. The molecule has 0 radical (unpaired) electrons. The van der Waals surface area contributed by atoms with E-state index in [1.807, 2.05) is 36.4 Å². The molecule has 0 aliphatic carbocycles. The van der Waals surface area contributed by atoms with Gasteiger partial charge in [0.15, 0.2) is 0 Å². The van der Waals surface area contributed by atoms with E-state index >= 15 is 0 Å². The summed E-state index contributed by atoms with van der Waals surface area (Å²) in [5, 5.41) is 14.5. The van der Waals surface area contributed by atoms with E-state index in [9.17, 15) is 9.59 Å². The highest BCUT2D eigenvalue weighted by atomic mass is 16.5. The van der Waals surface area contributed by atoms with Gasteiger partial charge in [-0.25, -0.2) is 14.3 Å². The van der Waals surface area contributed by atoms with E-state index in [0.717, 1.165) is 24.3 Å². The maximum absolute atomic E-state index is 12.7. The Bertz CT molecular complexity index is 1140. The number of aryl methyl sites for hydroxylation is 1. The van der Waals surface area contributed by atoms with Crippen LogP contribution in [-0.4, -0.2) is 73.6 Å². The van der Waals surface area contributed by atoms with Crippen LogP contribution in [0.5, 0.6) is 0 Å². The molecule has 2 amide bonds. The molecular formula is C22H26N8O3. The predicted molar refractivity (Wildman–Crippen MR) is 118 cm³/mol. The first kappa shape index (κ1) is 21.3. The van der Waals surface area contributed by atoms with Crippen LogP contribution in [0.15, 0.2) is 42.7 Å². The molecule has 2 N–H and O–H groups in total. The van der Waals surface area contributed by atoms with Crippen molar-refractivity contribution < 1.29 is 14.3 Å². The zero-order valence-electron chi connectivity index (χ0n) is 18.3. The number of carbonyl (C=O) groups excluding carboxylic acids is 2.